The second-order valence-corrected chi connectivity index (χ2v) is 3.90. The zero-order chi connectivity index (χ0) is 9.97. The van der Waals surface area contributed by atoms with Crippen LogP contribution >= 0.6 is 0 Å². The minimum Gasteiger partial charge on any atom is -0.362 e. The molecule has 2 aliphatic rings. The quantitative estimate of drug-likeness (QED) is 0.589. The van der Waals surface area contributed by atoms with Crippen molar-refractivity contribution in [2.75, 3.05) is 33.3 Å². The Labute approximate surface area is 83.9 Å². The second kappa shape index (κ2) is 4.11. The minimum atomic E-state index is -0.00484. The van der Waals surface area contributed by atoms with E-state index in [0.717, 1.165) is 19.5 Å². The fourth-order valence-corrected chi connectivity index (χ4v) is 1.81. The van der Waals surface area contributed by atoms with Gasteiger partial charge in [-0.1, -0.05) is 6.08 Å². The number of amides is 1. The molecule has 0 aromatic rings. The molecule has 0 aliphatic carbocycles. The van der Waals surface area contributed by atoms with E-state index in [-0.39, 0.29) is 18.6 Å². The van der Waals surface area contributed by atoms with Gasteiger partial charge in [-0.2, -0.15) is 0 Å². The van der Waals surface area contributed by atoms with Crippen LogP contribution in [0.5, 0.6) is 0 Å². The largest absolute Gasteiger partial charge is 0.362 e. The molecule has 4 heteroatoms. The molecule has 2 aliphatic heterocycles. The van der Waals surface area contributed by atoms with Crippen LogP contribution in [0.4, 0.5) is 0 Å². The lowest BCUT2D eigenvalue weighted by molar-refractivity contribution is -0.131. The van der Waals surface area contributed by atoms with Gasteiger partial charge in [0.15, 0.2) is 0 Å². The number of nitrogens with zero attached hydrogens (tertiary/aromatic N) is 1. The molecule has 0 radical (unpaired) electrons. The summed E-state index contributed by atoms with van der Waals surface area (Å²) in [6.07, 6.45) is 3.38. The molecule has 1 unspecified atom stereocenters. The molecule has 14 heavy (non-hydrogen) atoms. The van der Waals surface area contributed by atoms with Gasteiger partial charge in [0, 0.05) is 19.6 Å². The van der Waals surface area contributed by atoms with E-state index in [1.54, 1.807) is 0 Å². The Kier molecular flexibility index (Phi) is 2.84. The third-order valence-corrected chi connectivity index (χ3v) is 2.76. The Morgan fingerprint density at radius 1 is 1.64 bits per heavy atom. The summed E-state index contributed by atoms with van der Waals surface area (Å²) >= 11 is 0. The number of carbonyl (C=O) groups excluding carboxylic acids is 1. The third kappa shape index (κ3) is 2.13. The monoisotopic (exact) mass is 196 g/mol. The van der Waals surface area contributed by atoms with Crippen LogP contribution in [0, 0.1) is 0 Å². The molecule has 1 saturated heterocycles. The van der Waals surface area contributed by atoms with Crippen LogP contribution in [-0.4, -0.2) is 50.2 Å². The topological polar surface area (TPSA) is 41.6 Å². The molecule has 2 rings (SSSR count). The maximum absolute atomic E-state index is 10.9. The zero-order valence-electron chi connectivity index (χ0n) is 8.45. The molecule has 1 N–H and O–H groups in total. The van der Waals surface area contributed by atoms with E-state index in [1.165, 1.54) is 5.57 Å². The van der Waals surface area contributed by atoms with Crippen molar-refractivity contribution in [3.8, 4) is 0 Å². The van der Waals surface area contributed by atoms with Gasteiger partial charge in [-0.3, -0.25) is 4.79 Å². The van der Waals surface area contributed by atoms with Gasteiger partial charge in [0.25, 0.3) is 0 Å². The fourth-order valence-electron chi connectivity index (χ4n) is 1.81. The summed E-state index contributed by atoms with van der Waals surface area (Å²) in [4.78, 5) is 13.1. The van der Waals surface area contributed by atoms with Crippen LogP contribution in [-0.2, 0) is 9.53 Å². The van der Waals surface area contributed by atoms with Crippen molar-refractivity contribution in [3.05, 3.63) is 11.6 Å². The molecule has 0 spiro atoms. The number of carbonyl (C=O) groups is 1. The number of nitrogens with one attached hydrogen (secondary N) is 1. The summed E-state index contributed by atoms with van der Waals surface area (Å²) in [5.41, 5.74) is 1.34. The van der Waals surface area contributed by atoms with E-state index in [4.69, 9.17) is 4.74 Å². The molecule has 4 nitrogen and oxygen atoms in total. The van der Waals surface area contributed by atoms with E-state index >= 15 is 0 Å². The van der Waals surface area contributed by atoms with E-state index in [9.17, 15) is 4.79 Å². The first-order valence-corrected chi connectivity index (χ1v) is 5.01. The van der Waals surface area contributed by atoms with Gasteiger partial charge in [0.1, 0.15) is 6.61 Å². The SMILES string of the molecule is CN1CC=C(C2CNC(=O)CO2)CC1. The minimum absolute atomic E-state index is 0.00484. The first-order chi connectivity index (χ1) is 6.75. The van der Waals surface area contributed by atoms with E-state index in [0.29, 0.717) is 6.54 Å². The van der Waals surface area contributed by atoms with Crippen LogP contribution in [0.1, 0.15) is 6.42 Å². The molecule has 0 bridgehead atoms. The van der Waals surface area contributed by atoms with Gasteiger partial charge < -0.3 is 15.0 Å². The highest BCUT2D eigenvalue weighted by molar-refractivity contribution is 5.77. The lowest BCUT2D eigenvalue weighted by Gasteiger charge is -2.30. The average molecular weight is 196 g/mol. The predicted molar refractivity (Wildman–Crippen MR) is 52.9 cm³/mol. The van der Waals surface area contributed by atoms with Gasteiger partial charge in [-0.15, -0.1) is 0 Å². The fraction of sp³-hybridized carbons (Fsp3) is 0.700. The van der Waals surface area contributed by atoms with Crippen molar-refractivity contribution in [1.29, 1.82) is 0 Å². The summed E-state index contributed by atoms with van der Waals surface area (Å²) in [5, 5.41) is 2.82. The van der Waals surface area contributed by atoms with Crippen LogP contribution in [0.15, 0.2) is 11.6 Å². The molecule has 1 amide bonds. The molecular formula is C10H16N2O2. The van der Waals surface area contributed by atoms with Crippen LogP contribution < -0.4 is 5.32 Å². The highest BCUT2D eigenvalue weighted by atomic mass is 16.5. The maximum Gasteiger partial charge on any atom is 0.246 e. The lowest BCUT2D eigenvalue weighted by atomic mass is 10.0. The Morgan fingerprint density at radius 2 is 2.50 bits per heavy atom. The molecule has 0 saturated carbocycles. The first-order valence-electron chi connectivity index (χ1n) is 5.01. The van der Waals surface area contributed by atoms with Gasteiger partial charge in [-0.25, -0.2) is 0 Å². The van der Waals surface area contributed by atoms with Crippen LogP contribution in [0.25, 0.3) is 0 Å². The maximum atomic E-state index is 10.9. The first kappa shape index (κ1) is 9.68. The second-order valence-electron chi connectivity index (χ2n) is 3.90. The number of ether oxygens (including phenoxy) is 1. The molecule has 1 atom stereocenters. The van der Waals surface area contributed by atoms with Gasteiger partial charge >= 0.3 is 0 Å². The van der Waals surface area contributed by atoms with Crippen molar-refractivity contribution >= 4 is 5.91 Å². The standard InChI is InChI=1S/C10H16N2O2/c1-12-4-2-8(3-5-12)9-6-11-10(13)7-14-9/h2,9H,3-7H2,1H3,(H,11,13). The summed E-state index contributed by atoms with van der Waals surface area (Å²) < 4.78 is 5.47. The van der Waals surface area contributed by atoms with E-state index < -0.39 is 0 Å². The summed E-state index contributed by atoms with van der Waals surface area (Å²) in [6.45, 7) is 2.91. The number of hydrogen-bond acceptors (Lipinski definition) is 3. The summed E-state index contributed by atoms with van der Waals surface area (Å²) in [7, 11) is 2.11. The average Bonchev–Trinajstić information content (AvgIpc) is 2.21. The molecule has 1 fully saturated rings. The number of likely N-dealkylation sites (N-methyl/N-ethyl adjacent to an activating group) is 1. The Morgan fingerprint density at radius 3 is 3.07 bits per heavy atom. The highest BCUT2D eigenvalue weighted by Crippen LogP contribution is 2.17. The van der Waals surface area contributed by atoms with Crippen molar-refractivity contribution in [3.63, 3.8) is 0 Å². The normalized spacial score (nSPS) is 29.6. The van der Waals surface area contributed by atoms with Crippen molar-refractivity contribution < 1.29 is 9.53 Å². The van der Waals surface area contributed by atoms with Gasteiger partial charge in [-0.05, 0) is 19.0 Å². The number of morpholine rings is 1. The van der Waals surface area contributed by atoms with Crippen molar-refractivity contribution in [2.24, 2.45) is 0 Å². The molecular weight excluding hydrogens is 180 g/mol. The van der Waals surface area contributed by atoms with E-state index in [1.807, 2.05) is 0 Å². The lowest BCUT2D eigenvalue weighted by Crippen LogP contribution is -2.44. The van der Waals surface area contributed by atoms with Gasteiger partial charge in [0.05, 0.1) is 6.10 Å². The van der Waals surface area contributed by atoms with Crippen LogP contribution in [0.2, 0.25) is 0 Å². The highest BCUT2D eigenvalue weighted by Gasteiger charge is 2.23. The van der Waals surface area contributed by atoms with E-state index in [2.05, 4.69) is 23.3 Å². The Bertz CT molecular complexity index is 253. The Balaban J connectivity index is 1.92. The molecule has 0 aromatic carbocycles. The van der Waals surface area contributed by atoms with Crippen LogP contribution in [0.3, 0.4) is 0 Å². The molecule has 2 heterocycles. The zero-order valence-corrected chi connectivity index (χ0v) is 8.45. The number of rotatable bonds is 1. The predicted octanol–water partition coefficient (Wildman–Crippen LogP) is -0.237. The van der Waals surface area contributed by atoms with Crippen molar-refractivity contribution in [2.45, 2.75) is 12.5 Å². The Hall–Kier alpha value is -0.870. The smallest absolute Gasteiger partial charge is 0.246 e. The molecule has 0 aromatic heterocycles. The number of hydrogen-bond donors (Lipinski definition) is 1. The molecule has 78 valence electrons. The third-order valence-electron chi connectivity index (χ3n) is 2.76. The van der Waals surface area contributed by atoms with Crippen molar-refractivity contribution in [1.82, 2.24) is 10.2 Å². The summed E-state index contributed by atoms with van der Waals surface area (Å²) in [6, 6.07) is 0. The van der Waals surface area contributed by atoms with Gasteiger partial charge in [0.2, 0.25) is 5.91 Å². The summed E-state index contributed by atoms with van der Waals surface area (Å²) in [5.74, 6) is -0.00484.